The lowest BCUT2D eigenvalue weighted by molar-refractivity contribution is 0.264. The van der Waals surface area contributed by atoms with E-state index in [0.29, 0.717) is 6.17 Å². The molecule has 3 heteroatoms. The Bertz CT molecular complexity index is 236. The highest BCUT2D eigenvalue weighted by molar-refractivity contribution is 4.94. The maximum Gasteiger partial charge on any atom is 0.0981 e. The van der Waals surface area contributed by atoms with Crippen molar-refractivity contribution in [2.75, 3.05) is 13.1 Å². The molecule has 98 valence electrons. The lowest BCUT2D eigenvalue weighted by Crippen LogP contribution is -2.37. The summed E-state index contributed by atoms with van der Waals surface area (Å²) in [6, 6.07) is 0. The van der Waals surface area contributed by atoms with Gasteiger partial charge in [0, 0.05) is 25.5 Å². The van der Waals surface area contributed by atoms with E-state index in [-0.39, 0.29) is 0 Å². The number of unbranched alkanes of at least 4 members (excludes halogenated alkanes) is 3. The average Bonchev–Trinajstić information content (AvgIpc) is 2.76. The maximum atomic E-state index is 5.58. The van der Waals surface area contributed by atoms with E-state index in [2.05, 4.69) is 35.5 Å². The number of allylic oxidation sites excluding steroid dienone is 2. The van der Waals surface area contributed by atoms with Gasteiger partial charge < -0.3 is 16.0 Å². The van der Waals surface area contributed by atoms with Crippen LogP contribution in [0.4, 0.5) is 0 Å². The zero-order valence-electron chi connectivity index (χ0n) is 11.1. The first kappa shape index (κ1) is 14.1. The first-order valence-electron chi connectivity index (χ1n) is 6.92. The predicted octanol–water partition coefficient (Wildman–Crippen LogP) is 2.56. The lowest BCUT2D eigenvalue weighted by atomic mass is 10.1. The summed E-state index contributed by atoms with van der Waals surface area (Å²) in [7, 11) is 0. The number of nitrogens with one attached hydrogen (secondary N) is 1. The summed E-state index contributed by atoms with van der Waals surface area (Å²) >= 11 is 0. The van der Waals surface area contributed by atoms with Crippen molar-refractivity contribution in [3.05, 3.63) is 24.6 Å². The van der Waals surface area contributed by atoms with Gasteiger partial charge in [0.2, 0.25) is 0 Å². The normalized spacial score (nSPS) is 19.2. The molecule has 0 aliphatic carbocycles. The van der Waals surface area contributed by atoms with Gasteiger partial charge in [-0.25, -0.2) is 0 Å². The van der Waals surface area contributed by atoms with Crippen LogP contribution < -0.4 is 11.1 Å². The zero-order valence-corrected chi connectivity index (χ0v) is 11.1. The summed E-state index contributed by atoms with van der Waals surface area (Å²) in [5, 5.41) is 3.38. The fourth-order valence-electron chi connectivity index (χ4n) is 2.14. The molecule has 1 atom stereocenters. The van der Waals surface area contributed by atoms with Crippen LogP contribution in [0.5, 0.6) is 0 Å². The molecule has 1 heterocycles. The minimum absolute atomic E-state index is 0.477. The van der Waals surface area contributed by atoms with Crippen LogP contribution in [0, 0.1) is 0 Å². The second-order valence-corrected chi connectivity index (χ2v) is 4.54. The van der Waals surface area contributed by atoms with Crippen molar-refractivity contribution in [1.82, 2.24) is 10.2 Å². The van der Waals surface area contributed by atoms with Crippen molar-refractivity contribution in [3.63, 3.8) is 0 Å². The molecule has 17 heavy (non-hydrogen) atoms. The first-order chi connectivity index (χ1) is 8.38. The van der Waals surface area contributed by atoms with E-state index >= 15 is 0 Å². The number of rotatable bonds is 9. The van der Waals surface area contributed by atoms with Crippen LogP contribution in [0.25, 0.3) is 0 Å². The van der Waals surface area contributed by atoms with Gasteiger partial charge in [-0.05, 0) is 32.1 Å². The molecule has 1 aliphatic rings. The number of nitrogens with zero attached hydrogens (tertiary/aromatic N) is 1. The molecule has 1 unspecified atom stereocenters. The van der Waals surface area contributed by atoms with Gasteiger partial charge in [-0.3, -0.25) is 0 Å². The Morgan fingerprint density at radius 3 is 2.94 bits per heavy atom. The van der Waals surface area contributed by atoms with Crippen LogP contribution in [0.15, 0.2) is 24.6 Å². The molecule has 0 fully saturated rings. The van der Waals surface area contributed by atoms with Crippen LogP contribution in [0.3, 0.4) is 0 Å². The van der Waals surface area contributed by atoms with E-state index in [1.807, 2.05) is 6.20 Å². The van der Waals surface area contributed by atoms with Gasteiger partial charge in [-0.2, -0.15) is 0 Å². The van der Waals surface area contributed by atoms with E-state index in [1.165, 1.54) is 32.1 Å². The topological polar surface area (TPSA) is 41.3 Å². The first-order valence-corrected chi connectivity index (χ1v) is 6.92. The SMILES string of the molecule is CC/C=C/CCCCCC1NC=CN1CCN. The van der Waals surface area contributed by atoms with Gasteiger partial charge >= 0.3 is 0 Å². The molecular formula is C14H27N3. The summed E-state index contributed by atoms with van der Waals surface area (Å²) in [5.41, 5.74) is 5.58. The van der Waals surface area contributed by atoms with Crippen molar-refractivity contribution in [2.24, 2.45) is 5.73 Å². The van der Waals surface area contributed by atoms with Crippen molar-refractivity contribution < 1.29 is 0 Å². The number of hydrogen-bond donors (Lipinski definition) is 2. The molecule has 0 saturated carbocycles. The van der Waals surface area contributed by atoms with Crippen LogP contribution in [-0.4, -0.2) is 24.2 Å². The van der Waals surface area contributed by atoms with E-state index < -0.39 is 0 Å². The number of hydrogen-bond acceptors (Lipinski definition) is 3. The summed E-state index contributed by atoms with van der Waals surface area (Å²) in [6.07, 6.45) is 16.7. The molecule has 3 N–H and O–H groups in total. The fourth-order valence-corrected chi connectivity index (χ4v) is 2.14. The molecule has 0 aromatic rings. The summed E-state index contributed by atoms with van der Waals surface area (Å²) in [5.74, 6) is 0. The quantitative estimate of drug-likeness (QED) is 0.478. The Morgan fingerprint density at radius 2 is 2.18 bits per heavy atom. The highest BCUT2D eigenvalue weighted by atomic mass is 15.3. The molecule has 0 spiro atoms. The van der Waals surface area contributed by atoms with E-state index in [0.717, 1.165) is 19.5 Å². The van der Waals surface area contributed by atoms with Crippen LogP contribution in [0.1, 0.15) is 45.4 Å². The smallest absolute Gasteiger partial charge is 0.0981 e. The number of nitrogens with two attached hydrogens (primary N) is 1. The van der Waals surface area contributed by atoms with E-state index in [1.54, 1.807) is 0 Å². The molecule has 1 aliphatic heterocycles. The Morgan fingerprint density at radius 1 is 1.29 bits per heavy atom. The van der Waals surface area contributed by atoms with Crippen molar-refractivity contribution >= 4 is 0 Å². The predicted molar refractivity (Wildman–Crippen MR) is 74.3 cm³/mol. The van der Waals surface area contributed by atoms with Gasteiger partial charge in [-0.15, -0.1) is 0 Å². The minimum atomic E-state index is 0.477. The monoisotopic (exact) mass is 237 g/mol. The minimum Gasteiger partial charge on any atom is -0.370 e. The van der Waals surface area contributed by atoms with Gasteiger partial charge in [0.05, 0.1) is 6.17 Å². The Hall–Kier alpha value is -0.960. The Labute approximate surface area is 106 Å². The largest absolute Gasteiger partial charge is 0.370 e. The Balaban J connectivity index is 2.00. The van der Waals surface area contributed by atoms with Gasteiger partial charge in [0.15, 0.2) is 0 Å². The molecule has 0 radical (unpaired) electrons. The molecule has 0 saturated heterocycles. The van der Waals surface area contributed by atoms with Crippen LogP contribution >= 0.6 is 0 Å². The third-order valence-corrected chi connectivity index (χ3v) is 3.09. The van der Waals surface area contributed by atoms with Crippen molar-refractivity contribution in [3.8, 4) is 0 Å². The second-order valence-electron chi connectivity index (χ2n) is 4.54. The molecular weight excluding hydrogens is 210 g/mol. The fraction of sp³-hybridized carbons (Fsp3) is 0.714. The van der Waals surface area contributed by atoms with Crippen LogP contribution in [0.2, 0.25) is 0 Å². The third-order valence-electron chi connectivity index (χ3n) is 3.09. The van der Waals surface area contributed by atoms with Crippen LogP contribution in [-0.2, 0) is 0 Å². The summed E-state index contributed by atoms with van der Waals surface area (Å²) in [6.45, 7) is 3.86. The maximum absolute atomic E-state index is 5.58. The van der Waals surface area contributed by atoms with E-state index in [4.69, 9.17) is 5.73 Å². The molecule has 1 rings (SSSR count). The second kappa shape index (κ2) is 9.11. The summed E-state index contributed by atoms with van der Waals surface area (Å²) in [4.78, 5) is 2.30. The van der Waals surface area contributed by atoms with Gasteiger partial charge in [0.1, 0.15) is 0 Å². The molecule has 3 nitrogen and oxygen atoms in total. The van der Waals surface area contributed by atoms with Gasteiger partial charge in [-0.1, -0.05) is 25.5 Å². The highest BCUT2D eigenvalue weighted by Crippen LogP contribution is 2.13. The lowest BCUT2D eigenvalue weighted by Gasteiger charge is -2.24. The Kier molecular flexibility index (Phi) is 7.56. The van der Waals surface area contributed by atoms with E-state index in [9.17, 15) is 0 Å². The molecule has 0 aromatic carbocycles. The summed E-state index contributed by atoms with van der Waals surface area (Å²) < 4.78 is 0. The average molecular weight is 237 g/mol. The highest BCUT2D eigenvalue weighted by Gasteiger charge is 2.16. The van der Waals surface area contributed by atoms with Crippen molar-refractivity contribution in [2.45, 2.75) is 51.6 Å². The van der Waals surface area contributed by atoms with Gasteiger partial charge in [0.25, 0.3) is 0 Å². The molecule has 0 aromatic heterocycles. The standard InChI is InChI=1S/C14H27N3/c1-2-3-4-5-6-7-8-9-14-16-11-13-17(14)12-10-15/h3-4,11,13-14,16H,2,5-10,12,15H2,1H3/b4-3+. The molecule has 0 amide bonds. The van der Waals surface area contributed by atoms with Crippen molar-refractivity contribution in [1.29, 1.82) is 0 Å². The molecule has 0 bridgehead atoms. The zero-order chi connectivity index (χ0) is 12.3. The third kappa shape index (κ3) is 5.78.